The molecule has 0 saturated carbocycles. The SMILES string of the molecule is Cc1ccc(C(=O)N2Cc3cnc(C(C)(C)C)nc3C2)n1C(F)F. The Morgan fingerprint density at radius 2 is 1.96 bits per heavy atom. The summed E-state index contributed by atoms with van der Waals surface area (Å²) in [6.45, 7) is 5.53. The van der Waals surface area contributed by atoms with Crippen molar-refractivity contribution in [1.82, 2.24) is 19.4 Å². The largest absolute Gasteiger partial charge is 0.327 e. The van der Waals surface area contributed by atoms with E-state index in [-0.39, 0.29) is 11.1 Å². The topological polar surface area (TPSA) is 51.0 Å². The maximum absolute atomic E-state index is 13.2. The minimum absolute atomic E-state index is 0.000639. The molecule has 5 nitrogen and oxygen atoms in total. The molecule has 24 heavy (non-hydrogen) atoms. The lowest BCUT2D eigenvalue weighted by Gasteiger charge is -2.17. The molecule has 0 radical (unpaired) electrons. The molecule has 1 aliphatic heterocycles. The fourth-order valence-electron chi connectivity index (χ4n) is 2.80. The first kappa shape index (κ1) is 16.5. The Morgan fingerprint density at radius 3 is 2.58 bits per heavy atom. The summed E-state index contributed by atoms with van der Waals surface area (Å²) in [7, 11) is 0. The zero-order valence-corrected chi connectivity index (χ0v) is 14.2. The Hall–Kier alpha value is -2.31. The summed E-state index contributed by atoms with van der Waals surface area (Å²) in [4.78, 5) is 23.1. The number of halogens is 2. The molecule has 0 bridgehead atoms. The van der Waals surface area contributed by atoms with E-state index >= 15 is 0 Å². The Bertz CT molecular complexity index is 792. The highest BCUT2D eigenvalue weighted by Gasteiger charge is 2.30. The van der Waals surface area contributed by atoms with Crippen molar-refractivity contribution in [2.24, 2.45) is 0 Å². The van der Waals surface area contributed by atoms with Crippen LogP contribution in [0.15, 0.2) is 18.3 Å². The molecular formula is C17H20F2N4O. The lowest BCUT2D eigenvalue weighted by molar-refractivity contribution is 0.0549. The fourth-order valence-corrected chi connectivity index (χ4v) is 2.80. The minimum atomic E-state index is -2.74. The van der Waals surface area contributed by atoms with Crippen molar-refractivity contribution in [2.75, 3.05) is 0 Å². The highest BCUT2D eigenvalue weighted by atomic mass is 19.3. The molecule has 0 saturated heterocycles. The molecule has 1 aliphatic rings. The molecule has 128 valence electrons. The first-order valence-electron chi connectivity index (χ1n) is 7.79. The first-order chi connectivity index (χ1) is 11.2. The van der Waals surface area contributed by atoms with E-state index in [2.05, 4.69) is 9.97 Å². The molecule has 0 fully saturated rings. The van der Waals surface area contributed by atoms with Crippen LogP contribution in [0.4, 0.5) is 8.78 Å². The molecule has 0 atom stereocenters. The van der Waals surface area contributed by atoms with Crippen LogP contribution in [0, 0.1) is 6.92 Å². The minimum Gasteiger partial charge on any atom is -0.327 e. The van der Waals surface area contributed by atoms with Crippen molar-refractivity contribution in [2.45, 2.75) is 52.7 Å². The van der Waals surface area contributed by atoms with Crippen LogP contribution in [0.3, 0.4) is 0 Å². The van der Waals surface area contributed by atoms with Gasteiger partial charge in [0.05, 0.1) is 12.2 Å². The molecule has 0 aliphatic carbocycles. The molecular weight excluding hydrogens is 314 g/mol. The summed E-state index contributed by atoms with van der Waals surface area (Å²) in [5.41, 5.74) is 1.83. The Kier molecular flexibility index (Phi) is 3.89. The number of aryl methyl sites for hydroxylation is 1. The number of alkyl halides is 2. The van der Waals surface area contributed by atoms with E-state index in [9.17, 15) is 13.6 Å². The van der Waals surface area contributed by atoms with Crippen molar-refractivity contribution < 1.29 is 13.6 Å². The number of hydrogen-bond donors (Lipinski definition) is 0. The number of nitrogens with zero attached hydrogens (tertiary/aromatic N) is 4. The second-order valence-electron chi connectivity index (χ2n) is 7.08. The third-order valence-electron chi connectivity index (χ3n) is 4.15. The van der Waals surface area contributed by atoms with Gasteiger partial charge in [0.25, 0.3) is 5.91 Å². The van der Waals surface area contributed by atoms with Crippen LogP contribution in [-0.4, -0.2) is 25.3 Å². The van der Waals surface area contributed by atoms with Crippen LogP contribution in [-0.2, 0) is 18.5 Å². The third kappa shape index (κ3) is 2.79. The predicted octanol–water partition coefficient (Wildman–Crippen LogP) is 3.44. The van der Waals surface area contributed by atoms with Crippen molar-refractivity contribution >= 4 is 5.91 Å². The third-order valence-corrected chi connectivity index (χ3v) is 4.15. The second-order valence-corrected chi connectivity index (χ2v) is 7.08. The van der Waals surface area contributed by atoms with Gasteiger partial charge in [-0.15, -0.1) is 0 Å². The van der Waals surface area contributed by atoms with Gasteiger partial charge in [-0.05, 0) is 19.1 Å². The van der Waals surface area contributed by atoms with E-state index in [0.29, 0.717) is 24.6 Å². The van der Waals surface area contributed by atoms with Crippen LogP contribution in [0.25, 0.3) is 0 Å². The molecule has 0 N–H and O–H groups in total. The summed E-state index contributed by atoms with van der Waals surface area (Å²) in [6.07, 6.45) is 1.73. The van der Waals surface area contributed by atoms with Crippen LogP contribution in [0.5, 0.6) is 0 Å². The summed E-state index contributed by atoms with van der Waals surface area (Å²) in [5, 5.41) is 0. The second kappa shape index (κ2) is 5.65. The van der Waals surface area contributed by atoms with Crippen molar-refractivity contribution in [3.63, 3.8) is 0 Å². The maximum atomic E-state index is 13.2. The number of carbonyl (C=O) groups is 1. The number of carbonyl (C=O) groups excluding carboxylic acids is 1. The molecule has 2 aromatic rings. The molecule has 3 rings (SSSR count). The Balaban J connectivity index is 1.87. The molecule has 2 aromatic heterocycles. The van der Waals surface area contributed by atoms with Crippen LogP contribution < -0.4 is 0 Å². The molecule has 1 amide bonds. The number of aromatic nitrogens is 3. The van der Waals surface area contributed by atoms with Crippen molar-refractivity contribution in [3.05, 3.63) is 46.8 Å². The quantitative estimate of drug-likeness (QED) is 0.845. The zero-order chi connectivity index (χ0) is 17.6. The average molecular weight is 334 g/mol. The summed E-state index contributed by atoms with van der Waals surface area (Å²) in [6, 6.07) is 2.97. The maximum Gasteiger partial charge on any atom is 0.319 e. The van der Waals surface area contributed by atoms with Crippen LogP contribution in [0.2, 0.25) is 0 Å². The van der Waals surface area contributed by atoms with Gasteiger partial charge in [-0.25, -0.2) is 9.97 Å². The molecule has 0 unspecified atom stereocenters. The van der Waals surface area contributed by atoms with Crippen molar-refractivity contribution in [1.29, 1.82) is 0 Å². The van der Waals surface area contributed by atoms with Gasteiger partial charge in [0.2, 0.25) is 0 Å². The predicted molar refractivity (Wildman–Crippen MR) is 84.7 cm³/mol. The van der Waals surface area contributed by atoms with Gasteiger partial charge in [-0.1, -0.05) is 20.8 Å². The van der Waals surface area contributed by atoms with Crippen LogP contribution in [0.1, 0.15) is 60.6 Å². The normalized spacial score (nSPS) is 14.4. The lowest BCUT2D eigenvalue weighted by atomic mass is 9.95. The van der Waals surface area contributed by atoms with E-state index in [4.69, 9.17) is 0 Å². The van der Waals surface area contributed by atoms with Crippen molar-refractivity contribution in [3.8, 4) is 0 Å². The lowest BCUT2D eigenvalue weighted by Crippen LogP contribution is -2.28. The smallest absolute Gasteiger partial charge is 0.319 e. The van der Waals surface area contributed by atoms with Gasteiger partial charge < -0.3 is 4.90 Å². The molecule has 0 aromatic carbocycles. The summed E-state index contributed by atoms with van der Waals surface area (Å²) >= 11 is 0. The highest BCUT2D eigenvalue weighted by Crippen LogP contribution is 2.27. The van der Waals surface area contributed by atoms with E-state index in [1.54, 1.807) is 13.1 Å². The fraction of sp³-hybridized carbons (Fsp3) is 0.471. The van der Waals surface area contributed by atoms with Gasteiger partial charge >= 0.3 is 6.55 Å². The number of amides is 1. The highest BCUT2D eigenvalue weighted by molar-refractivity contribution is 5.93. The van der Waals surface area contributed by atoms with E-state index < -0.39 is 12.5 Å². The summed E-state index contributed by atoms with van der Waals surface area (Å²) in [5.74, 6) is 0.293. The van der Waals surface area contributed by atoms with Gasteiger partial charge in [-0.3, -0.25) is 9.36 Å². The number of fused-ring (bicyclic) bond motifs is 1. The molecule has 7 heteroatoms. The van der Waals surface area contributed by atoms with E-state index in [0.717, 1.165) is 15.8 Å². The van der Waals surface area contributed by atoms with Crippen LogP contribution >= 0.6 is 0 Å². The summed E-state index contributed by atoms with van der Waals surface area (Å²) < 4.78 is 27.1. The molecule has 0 spiro atoms. The van der Waals surface area contributed by atoms with Gasteiger partial charge in [0.1, 0.15) is 11.5 Å². The Morgan fingerprint density at radius 1 is 1.25 bits per heavy atom. The Labute approximate surface area is 139 Å². The number of rotatable bonds is 2. The van der Waals surface area contributed by atoms with E-state index in [1.165, 1.54) is 17.0 Å². The van der Waals surface area contributed by atoms with Gasteiger partial charge in [0, 0.05) is 29.4 Å². The monoisotopic (exact) mass is 334 g/mol. The van der Waals surface area contributed by atoms with E-state index in [1.807, 2.05) is 20.8 Å². The van der Waals surface area contributed by atoms with Gasteiger partial charge in [-0.2, -0.15) is 8.78 Å². The number of hydrogen-bond acceptors (Lipinski definition) is 3. The zero-order valence-electron chi connectivity index (χ0n) is 14.2. The molecule has 3 heterocycles. The standard InChI is InChI=1S/C17H20F2N4O/c1-10-5-6-13(23(10)16(18)19)14(24)22-8-11-7-20-15(17(2,3)4)21-12(11)9-22/h5-7,16H,8-9H2,1-4H3. The first-order valence-corrected chi connectivity index (χ1v) is 7.79. The average Bonchev–Trinajstić information content (AvgIpc) is 3.07. The van der Waals surface area contributed by atoms with Gasteiger partial charge in [0.15, 0.2) is 0 Å².